The van der Waals surface area contributed by atoms with Crippen LogP contribution in [0.15, 0.2) is 41.2 Å². The van der Waals surface area contributed by atoms with Crippen molar-refractivity contribution in [1.82, 2.24) is 9.97 Å². The molecule has 0 unspecified atom stereocenters. The minimum Gasteiger partial charge on any atom is -0.406 e. The molecular weight excluding hydrogens is 475 g/mol. The summed E-state index contributed by atoms with van der Waals surface area (Å²) in [4.78, 5) is 38.2. The number of fused-ring (bicyclic) bond motifs is 1. The van der Waals surface area contributed by atoms with E-state index in [0.29, 0.717) is 22.6 Å². The van der Waals surface area contributed by atoms with Crippen LogP contribution in [0.2, 0.25) is 5.02 Å². The van der Waals surface area contributed by atoms with E-state index in [1.807, 2.05) is 0 Å². The molecule has 0 saturated heterocycles. The highest BCUT2D eigenvalue weighted by Gasteiger charge is 2.37. The third-order valence-corrected chi connectivity index (χ3v) is 5.41. The van der Waals surface area contributed by atoms with Crippen LogP contribution in [0, 0.1) is 20.4 Å². The average molecular weight is 490 g/mol. The summed E-state index contributed by atoms with van der Waals surface area (Å²) >= 11 is 6.14. The molecule has 2 aromatic heterocycles. The molecule has 34 heavy (non-hydrogen) atoms. The first-order chi connectivity index (χ1) is 16.0. The van der Waals surface area contributed by atoms with Gasteiger partial charge >= 0.3 is 6.36 Å². The number of ether oxygens (including phenoxy) is 1. The minimum atomic E-state index is -4.85. The van der Waals surface area contributed by atoms with E-state index in [-0.39, 0.29) is 34.4 Å². The Kier molecular flexibility index (Phi) is 5.70. The number of carbonyl (C=O) groups is 1. The van der Waals surface area contributed by atoms with Crippen molar-refractivity contribution in [3.05, 3.63) is 80.0 Å². The Morgan fingerprint density at radius 3 is 2.44 bits per heavy atom. The molecular formula is C22H15ClF3N5O3. The van der Waals surface area contributed by atoms with Crippen LogP contribution in [0.3, 0.4) is 0 Å². The summed E-state index contributed by atoms with van der Waals surface area (Å²) in [6.07, 6.45) is -4.85. The monoisotopic (exact) mass is 489 g/mol. The zero-order chi connectivity index (χ0) is 24.8. The SMILES string of the molecule is [C-]#[N+]c1nc2c(cc1Cl)C(=O)N(c1ccc(=O)[nH]c1C)CN2c1ccc(OC(F)(F)F)cc1C. The summed E-state index contributed by atoms with van der Waals surface area (Å²) in [6, 6.07) is 7.85. The van der Waals surface area contributed by atoms with E-state index in [9.17, 15) is 22.8 Å². The maximum Gasteiger partial charge on any atom is 0.573 e. The van der Waals surface area contributed by atoms with Crippen molar-refractivity contribution in [3.8, 4) is 5.75 Å². The predicted molar refractivity (Wildman–Crippen MR) is 119 cm³/mol. The highest BCUT2D eigenvalue weighted by Crippen LogP contribution is 2.40. The second-order valence-corrected chi connectivity index (χ2v) is 7.82. The number of hydrogen-bond donors (Lipinski definition) is 1. The second-order valence-electron chi connectivity index (χ2n) is 7.41. The lowest BCUT2D eigenvalue weighted by molar-refractivity contribution is -0.274. The molecule has 0 saturated carbocycles. The Labute approximate surface area is 196 Å². The summed E-state index contributed by atoms with van der Waals surface area (Å²) < 4.78 is 41.9. The van der Waals surface area contributed by atoms with E-state index in [1.54, 1.807) is 18.7 Å². The first-order valence-corrected chi connectivity index (χ1v) is 10.1. The summed E-state index contributed by atoms with van der Waals surface area (Å²) in [5, 5.41) is -0.0206. The normalized spacial score (nSPS) is 13.5. The van der Waals surface area contributed by atoms with Crippen molar-refractivity contribution < 1.29 is 22.7 Å². The largest absolute Gasteiger partial charge is 0.573 e. The van der Waals surface area contributed by atoms with E-state index in [2.05, 4.69) is 19.5 Å². The van der Waals surface area contributed by atoms with E-state index in [4.69, 9.17) is 18.2 Å². The number of alkyl halides is 3. The number of benzene rings is 1. The fraction of sp³-hybridized carbons (Fsp3) is 0.182. The number of pyridine rings is 2. The van der Waals surface area contributed by atoms with Gasteiger partial charge in [0.1, 0.15) is 18.0 Å². The summed E-state index contributed by atoms with van der Waals surface area (Å²) in [6.45, 7) is 10.4. The molecule has 12 heteroatoms. The van der Waals surface area contributed by atoms with Crippen LogP contribution in [-0.4, -0.2) is 28.9 Å². The zero-order valence-corrected chi connectivity index (χ0v) is 18.5. The van der Waals surface area contributed by atoms with Gasteiger partial charge in [-0.2, -0.15) is 0 Å². The molecule has 0 spiro atoms. The molecule has 0 aliphatic carbocycles. The second kappa shape index (κ2) is 8.39. The van der Waals surface area contributed by atoms with Gasteiger partial charge in [-0.1, -0.05) is 23.2 Å². The summed E-state index contributed by atoms with van der Waals surface area (Å²) in [7, 11) is 0. The molecule has 4 rings (SSSR count). The van der Waals surface area contributed by atoms with Crippen LogP contribution >= 0.6 is 11.6 Å². The molecule has 0 bridgehead atoms. The first kappa shape index (κ1) is 23.1. The van der Waals surface area contributed by atoms with Crippen molar-refractivity contribution in [2.45, 2.75) is 20.2 Å². The van der Waals surface area contributed by atoms with Gasteiger partial charge in [-0.15, -0.1) is 13.2 Å². The highest BCUT2D eigenvalue weighted by atomic mass is 35.5. The number of aromatic nitrogens is 2. The van der Waals surface area contributed by atoms with Crippen molar-refractivity contribution in [2.24, 2.45) is 0 Å². The van der Waals surface area contributed by atoms with E-state index >= 15 is 0 Å². The number of aryl methyl sites for hydroxylation is 2. The fourth-order valence-electron chi connectivity index (χ4n) is 3.70. The molecule has 3 aromatic rings. The third kappa shape index (κ3) is 4.27. The molecule has 0 radical (unpaired) electrons. The number of nitrogens with zero attached hydrogens (tertiary/aromatic N) is 4. The average Bonchev–Trinajstić information content (AvgIpc) is 2.74. The highest BCUT2D eigenvalue weighted by molar-refractivity contribution is 6.33. The van der Waals surface area contributed by atoms with Gasteiger partial charge in [0.05, 0.1) is 10.7 Å². The number of rotatable bonds is 3. The molecule has 1 aliphatic heterocycles. The Balaban J connectivity index is 1.88. The van der Waals surface area contributed by atoms with Gasteiger partial charge in [0.15, 0.2) is 0 Å². The number of carbonyl (C=O) groups excluding carboxylic acids is 1. The molecule has 1 aliphatic rings. The zero-order valence-electron chi connectivity index (χ0n) is 17.7. The van der Waals surface area contributed by atoms with Crippen LogP contribution in [0.5, 0.6) is 5.75 Å². The first-order valence-electron chi connectivity index (χ1n) is 9.72. The summed E-state index contributed by atoms with van der Waals surface area (Å²) in [5.41, 5.74) is 1.43. The Morgan fingerprint density at radius 1 is 1.12 bits per heavy atom. The van der Waals surface area contributed by atoms with Crippen molar-refractivity contribution in [1.29, 1.82) is 0 Å². The fourth-order valence-corrected chi connectivity index (χ4v) is 3.89. The van der Waals surface area contributed by atoms with Gasteiger partial charge in [0, 0.05) is 17.4 Å². The molecule has 8 nitrogen and oxygen atoms in total. The lowest BCUT2D eigenvalue weighted by Gasteiger charge is -2.36. The van der Waals surface area contributed by atoms with Crippen molar-refractivity contribution in [3.63, 3.8) is 0 Å². The van der Waals surface area contributed by atoms with Crippen molar-refractivity contribution >= 4 is 40.5 Å². The molecule has 0 fully saturated rings. The maximum absolute atomic E-state index is 13.4. The van der Waals surface area contributed by atoms with Gasteiger partial charge in [0.25, 0.3) is 11.7 Å². The number of anilines is 3. The number of hydrogen-bond acceptors (Lipinski definition) is 5. The molecule has 1 aromatic carbocycles. The molecule has 1 amide bonds. The smallest absolute Gasteiger partial charge is 0.406 e. The third-order valence-electron chi connectivity index (χ3n) is 5.13. The van der Waals surface area contributed by atoms with Crippen LogP contribution in [0.25, 0.3) is 4.85 Å². The van der Waals surface area contributed by atoms with E-state index < -0.39 is 18.0 Å². The van der Waals surface area contributed by atoms with Gasteiger partial charge in [0.2, 0.25) is 11.4 Å². The van der Waals surface area contributed by atoms with Crippen molar-refractivity contribution in [2.75, 3.05) is 16.5 Å². The Morgan fingerprint density at radius 2 is 1.82 bits per heavy atom. The number of aromatic amines is 1. The van der Waals surface area contributed by atoms with Gasteiger partial charge in [-0.3, -0.25) is 19.4 Å². The number of halogens is 4. The molecule has 3 heterocycles. The van der Waals surface area contributed by atoms with Crippen LogP contribution in [0.4, 0.5) is 36.2 Å². The quantitative estimate of drug-likeness (QED) is 0.508. The number of nitrogens with one attached hydrogen (secondary N) is 1. The lowest BCUT2D eigenvalue weighted by atomic mass is 10.1. The van der Waals surface area contributed by atoms with Gasteiger partial charge < -0.3 is 14.6 Å². The maximum atomic E-state index is 13.4. The van der Waals surface area contributed by atoms with E-state index in [0.717, 1.165) is 6.07 Å². The predicted octanol–water partition coefficient (Wildman–Crippen LogP) is 5.25. The number of amides is 1. The van der Waals surface area contributed by atoms with Crippen LogP contribution in [0.1, 0.15) is 21.6 Å². The van der Waals surface area contributed by atoms with Gasteiger partial charge in [-0.05, 0) is 49.7 Å². The molecule has 0 atom stereocenters. The van der Waals surface area contributed by atoms with Crippen LogP contribution in [-0.2, 0) is 0 Å². The lowest BCUT2D eigenvalue weighted by Crippen LogP contribution is -2.46. The van der Waals surface area contributed by atoms with Crippen LogP contribution < -0.4 is 20.1 Å². The van der Waals surface area contributed by atoms with Gasteiger partial charge in [-0.25, -0.2) is 0 Å². The van der Waals surface area contributed by atoms with E-state index in [1.165, 1.54) is 35.2 Å². The molecule has 174 valence electrons. The minimum absolute atomic E-state index is 0.0206. The standard InChI is InChI=1S/C22H15ClF3N5O3/c1-11-8-13(34-22(24,25)26)4-5-16(11)30-10-31(17-6-7-18(32)28-12(17)2)21(33)14-9-15(23)19(27-3)29-20(14)30/h4-9H,10H2,1-2H3,(H,28,32). The Bertz CT molecular complexity index is 1410. The Hall–Kier alpha value is -4.04. The number of H-pyrrole nitrogens is 1. The summed E-state index contributed by atoms with van der Waals surface area (Å²) in [5.74, 6) is -0.865. The topological polar surface area (TPSA) is 82.9 Å². The molecule has 1 N–H and O–H groups in total.